The molecule has 0 radical (unpaired) electrons. The predicted octanol–water partition coefficient (Wildman–Crippen LogP) is 1.54. The first-order valence-corrected chi connectivity index (χ1v) is 7.00. The van der Waals surface area contributed by atoms with Gasteiger partial charge in [0, 0.05) is 11.9 Å². The van der Waals surface area contributed by atoms with Gasteiger partial charge in [-0.25, -0.2) is 4.98 Å². The molecule has 0 aliphatic rings. The van der Waals surface area contributed by atoms with Crippen molar-refractivity contribution < 1.29 is 9.90 Å². The van der Waals surface area contributed by atoms with Gasteiger partial charge in [0.25, 0.3) is 0 Å². The standard InChI is InChI=1S/C14H16N2O2S/c17-9-12-10-19-14(16-12)8-13(18)15-7-6-11-4-2-1-3-5-11/h1-5,10,17H,6-9H2,(H,15,18). The summed E-state index contributed by atoms with van der Waals surface area (Å²) in [5.74, 6) is -0.0326. The molecule has 0 aliphatic heterocycles. The molecule has 2 rings (SSSR count). The van der Waals surface area contributed by atoms with E-state index in [9.17, 15) is 4.79 Å². The van der Waals surface area contributed by atoms with Gasteiger partial charge in [-0.15, -0.1) is 11.3 Å². The van der Waals surface area contributed by atoms with Crippen LogP contribution in [0.1, 0.15) is 16.3 Å². The summed E-state index contributed by atoms with van der Waals surface area (Å²) < 4.78 is 0. The summed E-state index contributed by atoms with van der Waals surface area (Å²) in [5, 5.41) is 14.3. The summed E-state index contributed by atoms with van der Waals surface area (Å²) in [6, 6.07) is 10.0. The van der Waals surface area contributed by atoms with Gasteiger partial charge in [0.05, 0.1) is 18.7 Å². The van der Waals surface area contributed by atoms with Crippen molar-refractivity contribution in [3.63, 3.8) is 0 Å². The predicted molar refractivity (Wildman–Crippen MR) is 74.9 cm³/mol. The number of rotatable bonds is 6. The molecule has 0 saturated carbocycles. The number of aliphatic hydroxyl groups is 1. The van der Waals surface area contributed by atoms with Crippen molar-refractivity contribution in [3.05, 3.63) is 52.0 Å². The van der Waals surface area contributed by atoms with E-state index in [0.29, 0.717) is 12.2 Å². The molecule has 1 amide bonds. The molecule has 0 atom stereocenters. The molecule has 0 aliphatic carbocycles. The number of benzene rings is 1. The number of nitrogens with one attached hydrogen (secondary N) is 1. The van der Waals surface area contributed by atoms with E-state index in [-0.39, 0.29) is 18.9 Å². The number of aromatic nitrogens is 1. The van der Waals surface area contributed by atoms with Crippen molar-refractivity contribution in [2.45, 2.75) is 19.4 Å². The van der Waals surface area contributed by atoms with Crippen LogP contribution < -0.4 is 5.32 Å². The van der Waals surface area contributed by atoms with E-state index in [1.54, 1.807) is 5.38 Å². The minimum atomic E-state index is -0.0773. The molecule has 0 saturated heterocycles. The van der Waals surface area contributed by atoms with Crippen LogP contribution in [0.4, 0.5) is 0 Å². The summed E-state index contributed by atoms with van der Waals surface area (Å²) in [4.78, 5) is 15.8. The molecule has 0 fully saturated rings. The average molecular weight is 276 g/mol. The lowest BCUT2D eigenvalue weighted by atomic mass is 10.1. The first-order valence-electron chi connectivity index (χ1n) is 6.12. The molecule has 2 aromatic rings. The maximum absolute atomic E-state index is 11.7. The van der Waals surface area contributed by atoms with Gasteiger partial charge in [0.15, 0.2) is 0 Å². The second-order valence-electron chi connectivity index (χ2n) is 4.15. The zero-order valence-electron chi connectivity index (χ0n) is 10.5. The van der Waals surface area contributed by atoms with E-state index in [4.69, 9.17) is 5.11 Å². The van der Waals surface area contributed by atoms with E-state index in [0.717, 1.165) is 11.4 Å². The van der Waals surface area contributed by atoms with Gasteiger partial charge in [0.1, 0.15) is 5.01 Å². The molecule has 4 nitrogen and oxygen atoms in total. The zero-order chi connectivity index (χ0) is 13.5. The Balaban J connectivity index is 1.73. The molecule has 1 aromatic heterocycles. The van der Waals surface area contributed by atoms with Gasteiger partial charge in [-0.2, -0.15) is 0 Å². The zero-order valence-corrected chi connectivity index (χ0v) is 11.3. The summed E-state index contributed by atoms with van der Waals surface area (Å²) in [5.41, 5.74) is 1.83. The van der Waals surface area contributed by atoms with E-state index >= 15 is 0 Å². The second-order valence-corrected chi connectivity index (χ2v) is 5.10. The average Bonchev–Trinajstić information content (AvgIpc) is 2.87. The van der Waals surface area contributed by atoms with E-state index in [1.165, 1.54) is 16.9 Å². The third kappa shape index (κ3) is 4.46. The Morgan fingerprint density at radius 1 is 1.32 bits per heavy atom. The number of carbonyl (C=O) groups is 1. The van der Waals surface area contributed by atoms with Gasteiger partial charge in [0.2, 0.25) is 5.91 Å². The minimum Gasteiger partial charge on any atom is -0.390 e. The first kappa shape index (κ1) is 13.7. The van der Waals surface area contributed by atoms with E-state index < -0.39 is 0 Å². The smallest absolute Gasteiger partial charge is 0.226 e. The van der Waals surface area contributed by atoms with Crippen LogP contribution in [0.2, 0.25) is 0 Å². The van der Waals surface area contributed by atoms with Crippen LogP contribution in [0.3, 0.4) is 0 Å². The number of hydrogen-bond donors (Lipinski definition) is 2. The maximum Gasteiger partial charge on any atom is 0.226 e. The van der Waals surface area contributed by atoms with Crippen LogP contribution in [0, 0.1) is 0 Å². The highest BCUT2D eigenvalue weighted by Gasteiger charge is 2.07. The van der Waals surface area contributed by atoms with Gasteiger partial charge >= 0.3 is 0 Å². The van der Waals surface area contributed by atoms with Crippen LogP contribution in [0.25, 0.3) is 0 Å². The van der Waals surface area contributed by atoms with Crippen molar-refractivity contribution in [1.29, 1.82) is 0 Å². The molecule has 1 aromatic carbocycles. The molecule has 2 N–H and O–H groups in total. The monoisotopic (exact) mass is 276 g/mol. The van der Waals surface area contributed by atoms with Crippen LogP contribution in [0.15, 0.2) is 35.7 Å². The van der Waals surface area contributed by atoms with Crippen molar-refractivity contribution in [1.82, 2.24) is 10.3 Å². The SMILES string of the molecule is O=C(Cc1nc(CO)cs1)NCCc1ccccc1. The lowest BCUT2D eigenvalue weighted by Crippen LogP contribution is -2.27. The summed E-state index contributed by atoms with van der Waals surface area (Å²) in [7, 11) is 0. The van der Waals surface area contributed by atoms with Gasteiger partial charge < -0.3 is 10.4 Å². The number of aliphatic hydroxyl groups excluding tert-OH is 1. The molecule has 1 heterocycles. The molecule has 100 valence electrons. The fraction of sp³-hybridized carbons (Fsp3) is 0.286. The van der Waals surface area contributed by atoms with Gasteiger partial charge in [-0.05, 0) is 12.0 Å². The van der Waals surface area contributed by atoms with Crippen molar-refractivity contribution in [2.75, 3.05) is 6.54 Å². The quantitative estimate of drug-likeness (QED) is 0.841. The molecule has 19 heavy (non-hydrogen) atoms. The van der Waals surface area contributed by atoms with Crippen LogP contribution in [0.5, 0.6) is 0 Å². The Bertz CT molecular complexity index is 525. The van der Waals surface area contributed by atoms with Crippen LogP contribution >= 0.6 is 11.3 Å². The number of amides is 1. The summed E-state index contributed by atoms with van der Waals surface area (Å²) in [6.45, 7) is 0.549. The van der Waals surface area contributed by atoms with E-state index in [1.807, 2.05) is 30.3 Å². The first-order chi connectivity index (χ1) is 9.28. The normalized spacial score (nSPS) is 10.4. The Labute approximate surface area is 116 Å². The highest BCUT2D eigenvalue weighted by Crippen LogP contribution is 2.10. The Morgan fingerprint density at radius 2 is 2.11 bits per heavy atom. The molecule has 5 heteroatoms. The topological polar surface area (TPSA) is 62.2 Å². The van der Waals surface area contributed by atoms with E-state index in [2.05, 4.69) is 10.3 Å². The van der Waals surface area contributed by atoms with Crippen molar-refractivity contribution in [3.8, 4) is 0 Å². The second kappa shape index (κ2) is 7.01. The minimum absolute atomic E-state index is 0.0326. The summed E-state index contributed by atoms with van der Waals surface area (Å²) >= 11 is 1.40. The third-order valence-corrected chi connectivity index (χ3v) is 3.55. The third-order valence-electron chi connectivity index (χ3n) is 2.65. The maximum atomic E-state index is 11.7. The number of thiazole rings is 1. The summed E-state index contributed by atoms with van der Waals surface area (Å²) in [6.07, 6.45) is 1.10. The van der Waals surface area contributed by atoms with Gasteiger partial charge in [-0.3, -0.25) is 4.79 Å². The molecule has 0 unspecified atom stereocenters. The van der Waals surface area contributed by atoms with Crippen molar-refractivity contribution in [2.24, 2.45) is 0 Å². The lowest BCUT2D eigenvalue weighted by Gasteiger charge is -2.04. The Kier molecular flexibility index (Phi) is 5.06. The highest BCUT2D eigenvalue weighted by molar-refractivity contribution is 7.09. The molecular weight excluding hydrogens is 260 g/mol. The van der Waals surface area contributed by atoms with Crippen LogP contribution in [-0.2, 0) is 24.2 Å². The Hall–Kier alpha value is -1.72. The van der Waals surface area contributed by atoms with Crippen LogP contribution in [-0.4, -0.2) is 22.5 Å². The van der Waals surface area contributed by atoms with Gasteiger partial charge in [-0.1, -0.05) is 30.3 Å². The highest BCUT2D eigenvalue weighted by atomic mass is 32.1. The molecular formula is C14H16N2O2S. The Morgan fingerprint density at radius 3 is 2.79 bits per heavy atom. The molecule has 0 bridgehead atoms. The largest absolute Gasteiger partial charge is 0.390 e. The fourth-order valence-corrected chi connectivity index (χ4v) is 2.48. The number of nitrogens with zero attached hydrogens (tertiary/aromatic N) is 1. The van der Waals surface area contributed by atoms with Crippen molar-refractivity contribution >= 4 is 17.2 Å². The number of hydrogen-bond acceptors (Lipinski definition) is 4. The lowest BCUT2D eigenvalue weighted by molar-refractivity contribution is -0.120. The fourth-order valence-electron chi connectivity index (χ4n) is 1.69. The molecule has 0 spiro atoms. The number of carbonyl (C=O) groups excluding carboxylic acids is 1.